The molecule has 0 bridgehead atoms. The SMILES string of the molecule is CCN(CC)C(=O)C1CCCN(C(=O)Nc2cccc(C(=O)OC)c2)C1. The zero-order valence-electron chi connectivity index (χ0n) is 15.7. The summed E-state index contributed by atoms with van der Waals surface area (Å²) in [7, 11) is 1.31. The summed E-state index contributed by atoms with van der Waals surface area (Å²) in [4.78, 5) is 40.2. The van der Waals surface area contributed by atoms with Crippen LogP contribution in [-0.2, 0) is 9.53 Å². The Hall–Kier alpha value is -2.57. The first kappa shape index (κ1) is 19.8. The van der Waals surface area contributed by atoms with Gasteiger partial charge in [-0.1, -0.05) is 6.07 Å². The standard InChI is InChI=1S/C19H27N3O4/c1-4-21(5-2)17(23)15-9-7-11-22(13-15)19(25)20-16-10-6-8-14(12-16)18(24)26-3/h6,8,10,12,15H,4-5,7,9,11,13H2,1-3H3,(H,20,25). The van der Waals surface area contributed by atoms with Gasteiger partial charge >= 0.3 is 12.0 Å². The summed E-state index contributed by atoms with van der Waals surface area (Å²) in [6, 6.07) is 6.34. The van der Waals surface area contributed by atoms with Crippen molar-refractivity contribution in [3.05, 3.63) is 29.8 Å². The van der Waals surface area contributed by atoms with Crippen molar-refractivity contribution in [1.29, 1.82) is 0 Å². The molecule has 1 N–H and O–H groups in total. The molecule has 1 aromatic carbocycles. The molecule has 0 aromatic heterocycles. The number of likely N-dealkylation sites (tertiary alicyclic amines) is 1. The van der Waals surface area contributed by atoms with E-state index < -0.39 is 5.97 Å². The van der Waals surface area contributed by atoms with E-state index in [0.29, 0.717) is 37.4 Å². The minimum atomic E-state index is -0.455. The monoisotopic (exact) mass is 361 g/mol. The molecule has 1 saturated heterocycles. The quantitative estimate of drug-likeness (QED) is 0.818. The predicted octanol–water partition coefficient (Wildman–Crippen LogP) is 2.59. The average molecular weight is 361 g/mol. The Morgan fingerprint density at radius 3 is 2.65 bits per heavy atom. The first-order valence-corrected chi connectivity index (χ1v) is 9.03. The van der Waals surface area contributed by atoms with Crippen molar-refractivity contribution in [3.63, 3.8) is 0 Å². The third kappa shape index (κ3) is 4.74. The number of amides is 3. The molecule has 2 rings (SSSR count). The number of piperidine rings is 1. The Morgan fingerprint density at radius 2 is 2.00 bits per heavy atom. The molecule has 1 aliphatic heterocycles. The number of carbonyl (C=O) groups is 3. The number of benzene rings is 1. The van der Waals surface area contributed by atoms with Crippen molar-refractivity contribution in [2.45, 2.75) is 26.7 Å². The molecule has 1 aliphatic rings. The molecule has 1 aromatic rings. The van der Waals surface area contributed by atoms with E-state index in [1.807, 2.05) is 18.7 Å². The Morgan fingerprint density at radius 1 is 1.27 bits per heavy atom. The van der Waals surface area contributed by atoms with E-state index in [2.05, 4.69) is 5.32 Å². The van der Waals surface area contributed by atoms with Crippen LogP contribution in [0.25, 0.3) is 0 Å². The van der Waals surface area contributed by atoms with Crippen molar-refractivity contribution >= 4 is 23.6 Å². The van der Waals surface area contributed by atoms with Crippen molar-refractivity contribution < 1.29 is 19.1 Å². The van der Waals surface area contributed by atoms with Crippen LogP contribution < -0.4 is 5.32 Å². The predicted molar refractivity (Wildman–Crippen MR) is 99.0 cm³/mol. The van der Waals surface area contributed by atoms with Crippen LogP contribution in [0.5, 0.6) is 0 Å². The molecule has 26 heavy (non-hydrogen) atoms. The van der Waals surface area contributed by atoms with E-state index in [1.165, 1.54) is 7.11 Å². The number of rotatable bonds is 5. The van der Waals surface area contributed by atoms with Gasteiger partial charge < -0.3 is 19.9 Å². The highest BCUT2D eigenvalue weighted by atomic mass is 16.5. The number of nitrogens with zero attached hydrogens (tertiary/aromatic N) is 2. The number of esters is 1. The molecule has 1 fully saturated rings. The smallest absolute Gasteiger partial charge is 0.337 e. The molecule has 3 amide bonds. The number of anilines is 1. The molecule has 0 spiro atoms. The van der Waals surface area contributed by atoms with Crippen LogP contribution in [0.1, 0.15) is 37.0 Å². The van der Waals surface area contributed by atoms with E-state index in [9.17, 15) is 14.4 Å². The third-order valence-electron chi connectivity index (χ3n) is 4.67. The second kappa shape index (κ2) is 9.22. The molecule has 1 atom stereocenters. The molecular weight excluding hydrogens is 334 g/mol. The second-order valence-corrected chi connectivity index (χ2v) is 6.30. The third-order valence-corrected chi connectivity index (χ3v) is 4.67. The second-order valence-electron chi connectivity index (χ2n) is 6.30. The van der Waals surface area contributed by atoms with Crippen molar-refractivity contribution in [2.24, 2.45) is 5.92 Å². The largest absolute Gasteiger partial charge is 0.465 e. The van der Waals surface area contributed by atoms with Gasteiger partial charge in [0.25, 0.3) is 0 Å². The lowest BCUT2D eigenvalue weighted by molar-refractivity contribution is -0.136. The van der Waals surface area contributed by atoms with Gasteiger partial charge in [-0.3, -0.25) is 4.79 Å². The Bertz CT molecular complexity index is 658. The van der Waals surface area contributed by atoms with Crippen molar-refractivity contribution in [2.75, 3.05) is 38.6 Å². The Balaban J connectivity index is 2.01. The van der Waals surface area contributed by atoms with E-state index >= 15 is 0 Å². The van der Waals surface area contributed by atoms with Gasteiger partial charge in [0.2, 0.25) is 5.91 Å². The summed E-state index contributed by atoms with van der Waals surface area (Å²) < 4.78 is 4.69. The minimum Gasteiger partial charge on any atom is -0.465 e. The highest BCUT2D eigenvalue weighted by Crippen LogP contribution is 2.20. The summed E-state index contributed by atoms with van der Waals surface area (Å²) in [5, 5.41) is 2.80. The number of urea groups is 1. The number of hydrogen-bond donors (Lipinski definition) is 1. The maximum absolute atomic E-state index is 12.6. The molecule has 0 aliphatic carbocycles. The van der Waals surface area contributed by atoms with Crippen molar-refractivity contribution in [1.82, 2.24) is 9.80 Å². The van der Waals surface area contributed by atoms with Gasteiger partial charge in [0.1, 0.15) is 0 Å². The van der Waals surface area contributed by atoms with Crippen LogP contribution in [0.2, 0.25) is 0 Å². The minimum absolute atomic E-state index is 0.111. The highest BCUT2D eigenvalue weighted by molar-refractivity contribution is 5.94. The van der Waals surface area contributed by atoms with Gasteiger partial charge in [-0.2, -0.15) is 0 Å². The summed E-state index contributed by atoms with van der Waals surface area (Å²) in [6.45, 7) is 6.31. The lowest BCUT2D eigenvalue weighted by Crippen LogP contribution is -2.47. The number of ether oxygens (including phenoxy) is 1. The topological polar surface area (TPSA) is 79.0 Å². The van der Waals surface area contributed by atoms with Crippen LogP contribution in [0.3, 0.4) is 0 Å². The van der Waals surface area contributed by atoms with Gasteiger partial charge in [0, 0.05) is 31.9 Å². The molecule has 0 saturated carbocycles. The Labute approximate surface area is 154 Å². The Kier molecular flexibility index (Phi) is 7.00. The van der Waals surface area contributed by atoms with Gasteiger partial charge in [-0.25, -0.2) is 9.59 Å². The maximum atomic E-state index is 12.6. The first-order valence-electron chi connectivity index (χ1n) is 9.03. The van der Waals surface area contributed by atoms with Crippen molar-refractivity contribution in [3.8, 4) is 0 Å². The normalized spacial score (nSPS) is 16.7. The van der Waals surface area contributed by atoms with Crippen LogP contribution in [0.4, 0.5) is 10.5 Å². The number of hydrogen-bond acceptors (Lipinski definition) is 4. The number of carbonyl (C=O) groups excluding carboxylic acids is 3. The zero-order valence-corrected chi connectivity index (χ0v) is 15.7. The van der Waals surface area contributed by atoms with Crippen LogP contribution in [0, 0.1) is 5.92 Å². The van der Waals surface area contributed by atoms with E-state index in [0.717, 1.165) is 12.8 Å². The van der Waals surface area contributed by atoms with E-state index in [1.54, 1.807) is 29.2 Å². The lowest BCUT2D eigenvalue weighted by atomic mass is 9.96. The highest BCUT2D eigenvalue weighted by Gasteiger charge is 2.30. The fourth-order valence-corrected chi connectivity index (χ4v) is 3.20. The van der Waals surface area contributed by atoms with E-state index in [-0.39, 0.29) is 17.9 Å². The summed E-state index contributed by atoms with van der Waals surface area (Å²) in [6.07, 6.45) is 1.60. The average Bonchev–Trinajstić information content (AvgIpc) is 2.68. The van der Waals surface area contributed by atoms with Gasteiger partial charge in [0.15, 0.2) is 0 Å². The first-order chi connectivity index (χ1) is 12.5. The molecular formula is C19H27N3O4. The molecule has 1 unspecified atom stereocenters. The molecule has 7 nitrogen and oxygen atoms in total. The molecule has 0 radical (unpaired) electrons. The fourth-order valence-electron chi connectivity index (χ4n) is 3.20. The van der Waals surface area contributed by atoms with Gasteiger partial charge in [-0.15, -0.1) is 0 Å². The number of methoxy groups -OCH3 is 1. The summed E-state index contributed by atoms with van der Waals surface area (Å²) >= 11 is 0. The molecule has 7 heteroatoms. The molecule has 1 heterocycles. The van der Waals surface area contributed by atoms with Gasteiger partial charge in [-0.05, 0) is 44.9 Å². The van der Waals surface area contributed by atoms with Crippen LogP contribution in [-0.4, -0.2) is 61.0 Å². The summed E-state index contributed by atoms with van der Waals surface area (Å²) in [5.41, 5.74) is 0.897. The number of nitrogens with one attached hydrogen (secondary N) is 1. The van der Waals surface area contributed by atoms with E-state index in [4.69, 9.17) is 4.74 Å². The van der Waals surface area contributed by atoms with Gasteiger partial charge in [0.05, 0.1) is 18.6 Å². The summed E-state index contributed by atoms with van der Waals surface area (Å²) in [5.74, 6) is -0.500. The van der Waals surface area contributed by atoms with Crippen LogP contribution in [0.15, 0.2) is 24.3 Å². The maximum Gasteiger partial charge on any atom is 0.337 e. The zero-order chi connectivity index (χ0) is 19.1. The fraction of sp³-hybridized carbons (Fsp3) is 0.526. The lowest BCUT2D eigenvalue weighted by Gasteiger charge is -2.34. The van der Waals surface area contributed by atoms with Crippen LogP contribution >= 0.6 is 0 Å². The molecule has 142 valence electrons.